The van der Waals surface area contributed by atoms with E-state index in [9.17, 15) is 18.8 Å². The largest absolute Gasteiger partial charge is 0.335 e. The van der Waals surface area contributed by atoms with Crippen molar-refractivity contribution in [3.63, 3.8) is 0 Å². The van der Waals surface area contributed by atoms with Gasteiger partial charge in [0.25, 0.3) is 11.8 Å². The van der Waals surface area contributed by atoms with Crippen LogP contribution in [0.1, 0.15) is 11.1 Å². The summed E-state index contributed by atoms with van der Waals surface area (Å²) in [6.45, 7) is 1.88. The Labute approximate surface area is 137 Å². The molecular weight excluding hydrogens is 311 g/mol. The van der Waals surface area contributed by atoms with E-state index >= 15 is 0 Å². The second-order valence-electron chi connectivity index (χ2n) is 5.34. The number of imide groups is 2. The predicted octanol–water partition coefficient (Wildman–Crippen LogP) is 2.80. The molecule has 0 saturated carbocycles. The third-order valence-electron chi connectivity index (χ3n) is 3.57. The Morgan fingerprint density at radius 2 is 1.58 bits per heavy atom. The maximum atomic E-state index is 13.0. The Balaban J connectivity index is 1.99. The van der Waals surface area contributed by atoms with E-state index in [2.05, 4.69) is 5.32 Å². The van der Waals surface area contributed by atoms with Gasteiger partial charge in [0, 0.05) is 0 Å². The van der Waals surface area contributed by atoms with Crippen molar-refractivity contribution in [2.45, 2.75) is 6.92 Å². The second kappa shape index (κ2) is 6.08. The van der Waals surface area contributed by atoms with Crippen molar-refractivity contribution in [1.29, 1.82) is 0 Å². The summed E-state index contributed by atoms with van der Waals surface area (Å²) in [4.78, 5) is 37.5. The molecule has 1 aliphatic heterocycles. The fraction of sp³-hybridized carbons (Fsp3) is 0.0556. The molecule has 0 unspecified atom stereocenters. The number of carbonyl (C=O) groups excluding carboxylic acids is 3. The van der Waals surface area contributed by atoms with Crippen LogP contribution < -0.4 is 10.2 Å². The molecule has 2 aromatic rings. The van der Waals surface area contributed by atoms with E-state index in [1.807, 2.05) is 6.92 Å². The molecule has 1 fully saturated rings. The minimum Gasteiger partial charge on any atom is -0.273 e. The molecule has 2 aromatic carbocycles. The first-order chi connectivity index (χ1) is 11.5. The number of amides is 4. The summed E-state index contributed by atoms with van der Waals surface area (Å²) in [6.07, 6.45) is 1.32. The van der Waals surface area contributed by atoms with Crippen molar-refractivity contribution in [2.75, 3.05) is 4.90 Å². The highest BCUT2D eigenvalue weighted by Crippen LogP contribution is 2.22. The first kappa shape index (κ1) is 15.6. The Bertz CT molecular complexity index is 855. The number of aryl methyl sites for hydroxylation is 1. The zero-order valence-corrected chi connectivity index (χ0v) is 12.7. The number of rotatable bonds is 2. The van der Waals surface area contributed by atoms with Gasteiger partial charge in [-0.1, -0.05) is 29.8 Å². The van der Waals surface area contributed by atoms with Gasteiger partial charge in [0.2, 0.25) is 0 Å². The number of barbiturate groups is 1. The second-order valence-corrected chi connectivity index (χ2v) is 5.34. The number of anilines is 1. The monoisotopic (exact) mass is 324 g/mol. The molecule has 0 spiro atoms. The van der Waals surface area contributed by atoms with E-state index in [1.165, 1.54) is 30.3 Å². The molecule has 0 radical (unpaired) electrons. The SMILES string of the molecule is Cc1ccc(N2C(=O)NC(=O)C(=Cc3ccc(F)cc3)C2=O)cc1. The lowest BCUT2D eigenvalue weighted by molar-refractivity contribution is -0.122. The topological polar surface area (TPSA) is 66.5 Å². The Hall–Kier alpha value is -3.28. The maximum absolute atomic E-state index is 13.0. The highest BCUT2D eigenvalue weighted by atomic mass is 19.1. The summed E-state index contributed by atoms with van der Waals surface area (Å²) in [5, 5.41) is 2.14. The van der Waals surface area contributed by atoms with Crippen molar-refractivity contribution >= 4 is 29.6 Å². The molecule has 1 aliphatic rings. The lowest BCUT2D eigenvalue weighted by Gasteiger charge is -2.26. The number of hydrogen-bond acceptors (Lipinski definition) is 3. The zero-order chi connectivity index (χ0) is 17.3. The van der Waals surface area contributed by atoms with Gasteiger partial charge in [-0.2, -0.15) is 0 Å². The van der Waals surface area contributed by atoms with E-state index in [0.29, 0.717) is 11.3 Å². The minimum absolute atomic E-state index is 0.193. The number of carbonyl (C=O) groups is 3. The van der Waals surface area contributed by atoms with E-state index in [4.69, 9.17) is 0 Å². The summed E-state index contributed by atoms with van der Waals surface area (Å²) in [5.41, 5.74) is 1.62. The lowest BCUT2D eigenvalue weighted by Crippen LogP contribution is -2.54. The Morgan fingerprint density at radius 3 is 2.21 bits per heavy atom. The fourth-order valence-electron chi connectivity index (χ4n) is 2.31. The molecule has 5 nitrogen and oxygen atoms in total. The van der Waals surface area contributed by atoms with Gasteiger partial charge in [0.05, 0.1) is 5.69 Å². The summed E-state index contributed by atoms with van der Waals surface area (Å²) in [7, 11) is 0. The zero-order valence-electron chi connectivity index (χ0n) is 12.7. The van der Waals surface area contributed by atoms with E-state index in [0.717, 1.165) is 10.5 Å². The first-order valence-corrected chi connectivity index (χ1v) is 7.19. The van der Waals surface area contributed by atoms with Gasteiger partial charge in [-0.25, -0.2) is 14.1 Å². The molecular formula is C18H13FN2O3. The predicted molar refractivity (Wildman–Crippen MR) is 86.6 cm³/mol. The van der Waals surface area contributed by atoms with Crippen LogP contribution in [0.15, 0.2) is 54.1 Å². The third-order valence-corrected chi connectivity index (χ3v) is 3.57. The van der Waals surface area contributed by atoms with Crippen LogP contribution in [0.25, 0.3) is 6.08 Å². The van der Waals surface area contributed by atoms with Gasteiger partial charge in [-0.3, -0.25) is 14.9 Å². The molecule has 4 amide bonds. The lowest BCUT2D eigenvalue weighted by atomic mass is 10.1. The van der Waals surface area contributed by atoms with Crippen LogP contribution >= 0.6 is 0 Å². The fourth-order valence-corrected chi connectivity index (χ4v) is 2.31. The van der Waals surface area contributed by atoms with Crippen molar-refractivity contribution in [1.82, 2.24) is 5.32 Å². The minimum atomic E-state index is -0.801. The summed E-state index contributed by atoms with van der Waals surface area (Å²) < 4.78 is 13.0. The smallest absolute Gasteiger partial charge is 0.273 e. The average molecular weight is 324 g/mol. The van der Waals surface area contributed by atoms with Gasteiger partial charge in [-0.15, -0.1) is 0 Å². The van der Waals surface area contributed by atoms with Crippen molar-refractivity contribution < 1.29 is 18.8 Å². The van der Waals surface area contributed by atoms with Crippen LogP contribution in [0.2, 0.25) is 0 Å². The van der Waals surface area contributed by atoms with Gasteiger partial charge in [-0.05, 0) is 42.8 Å². The third kappa shape index (κ3) is 2.94. The highest BCUT2D eigenvalue weighted by molar-refractivity contribution is 6.39. The van der Waals surface area contributed by atoms with Gasteiger partial charge < -0.3 is 0 Å². The highest BCUT2D eigenvalue weighted by Gasteiger charge is 2.36. The van der Waals surface area contributed by atoms with E-state index < -0.39 is 23.7 Å². The van der Waals surface area contributed by atoms with Crippen molar-refractivity contribution in [3.05, 3.63) is 71.0 Å². The first-order valence-electron chi connectivity index (χ1n) is 7.19. The number of hydrogen-bond donors (Lipinski definition) is 1. The van der Waals surface area contributed by atoms with E-state index in [1.54, 1.807) is 24.3 Å². The Kier molecular flexibility index (Phi) is 3.95. The number of nitrogens with zero attached hydrogens (tertiary/aromatic N) is 1. The molecule has 24 heavy (non-hydrogen) atoms. The molecule has 1 saturated heterocycles. The molecule has 3 rings (SSSR count). The Morgan fingerprint density at radius 1 is 0.958 bits per heavy atom. The molecule has 0 atom stereocenters. The van der Waals surface area contributed by atoms with Crippen LogP contribution in [-0.4, -0.2) is 17.8 Å². The number of nitrogens with one attached hydrogen (secondary N) is 1. The van der Waals surface area contributed by atoms with Crippen LogP contribution in [0.3, 0.4) is 0 Å². The summed E-state index contributed by atoms with van der Waals surface area (Å²) in [6, 6.07) is 11.3. The quantitative estimate of drug-likeness (QED) is 0.682. The maximum Gasteiger partial charge on any atom is 0.335 e. The van der Waals surface area contributed by atoms with Crippen LogP contribution in [0, 0.1) is 12.7 Å². The van der Waals surface area contributed by atoms with Crippen LogP contribution in [-0.2, 0) is 9.59 Å². The molecule has 0 bridgehead atoms. The average Bonchev–Trinajstić information content (AvgIpc) is 2.55. The normalized spacial score (nSPS) is 16.5. The number of benzene rings is 2. The summed E-state index contributed by atoms with van der Waals surface area (Å²) >= 11 is 0. The summed E-state index contributed by atoms with van der Waals surface area (Å²) in [5.74, 6) is -1.93. The van der Waals surface area contributed by atoms with Crippen LogP contribution in [0.5, 0.6) is 0 Å². The van der Waals surface area contributed by atoms with Crippen LogP contribution in [0.4, 0.5) is 14.9 Å². The number of urea groups is 1. The van der Waals surface area contributed by atoms with Gasteiger partial charge in [0.1, 0.15) is 11.4 Å². The standard InChI is InChI=1S/C18H13FN2O3/c1-11-2-8-14(9-3-11)21-17(23)15(16(22)20-18(21)24)10-12-4-6-13(19)7-5-12/h2-10H,1H3,(H,20,22,24). The molecule has 6 heteroatoms. The van der Waals surface area contributed by atoms with Gasteiger partial charge in [0.15, 0.2) is 0 Å². The molecule has 1 N–H and O–H groups in total. The molecule has 0 aliphatic carbocycles. The molecule has 0 aromatic heterocycles. The number of halogens is 1. The molecule has 1 heterocycles. The van der Waals surface area contributed by atoms with Gasteiger partial charge >= 0.3 is 6.03 Å². The van der Waals surface area contributed by atoms with Crippen molar-refractivity contribution in [3.8, 4) is 0 Å². The van der Waals surface area contributed by atoms with Crippen molar-refractivity contribution in [2.24, 2.45) is 0 Å². The van der Waals surface area contributed by atoms with E-state index in [-0.39, 0.29) is 5.57 Å². The molecule has 120 valence electrons.